The van der Waals surface area contributed by atoms with Crippen molar-refractivity contribution in [2.45, 2.75) is 0 Å². The molecule has 3 N–H and O–H groups in total. The number of hydrogen-bond acceptors (Lipinski definition) is 3. The third kappa shape index (κ3) is 2.40. The van der Waals surface area contributed by atoms with Gasteiger partial charge in [-0.2, -0.15) is 0 Å². The fourth-order valence-electron chi connectivity index (χ4n) is 1.39. The maximum atomic E-state index is 11.8. The molecule has 1 aromatic carbocycles. The number of halogens is 1. The second-order valence-corrected chi connectivity index (χ2v) is 4.24. The fraction of sp³-hybridized carbons (Fsp3) is 0. The molecule has 0 radical (unpaired) electrons. The van der Waals surface area contributed by atoms with Crippen LogP contribution in [-0.2, 0) is 0 Å². The Labute approximate surface area is 110 Å². The van der Waals surface area contributed by atoms with Crippen molar-refractivity contribution in [2.75, 3.05) is 5.32 Å². The van der Waals surface area contributed by atoms with Gasteiger partial charge in [0.1, 0.15) is 5.69 Å². The molecule has 0 spiro atoms. The molecule has 1 amide bonds. The van der Waals surface area contributed by atoms with E-state index in [0.717, 1.165) is 0 Å². The molecule has 0 atom stereocenters. The Morgan fingerprint density at radius 1 is 1.39 bits per heavy atom. The first-order valence-corrected chi connectivity index (χ1v) is 5.70. The summed E-state index contributed by atoms with van der Waals surface area (Å²) < 4.78 is 0.496. The van der Waals surface area contributed by atoms with Crippen molar-refractivity contribution in [3.63, 3.8) is 0 Å². The van der Waals surface area contributed by atoms with Crippen molar-refractivity contribution in [3.8, 4) is 0 Å². The number of benzene rings is 1. The zero-order chi connectivity index (χ0) is 13.1. The highest BCUT2D eigenvalue weighted by Gasteiger charge is 2.16. The molecule has 0 aliphatic heterocycles. The molecule has 0 aliphatic rings. The van der Waals surface area contributed by atoms with Gasteiger partial charge in [0.2, 0.25) is 0 Å². The van der Waals surface area contributed by atoms with Crippen LogP contribution >= 0.6 is 15.9 Å². The minimum atomic E-state index is -1.11. The van der Waals surface area contributed by atoms with Crippen LogP contribution in [0.25, 0.3) is 0 Å². The number of carboxylic acid groups (broad SMARTS) is 1. The number of aromatic nitrogens is 2. The third-order valence-electron chi connectivity index (χ3n) is 2.23. The molecule has 7 heteroatoms. The lowest BCUT2D eigenvalue weighted by molar-refractivity contribution is 0.0698. The van der Waals surface area contributed by atoms with E-state index in [1.165, 1.54) is 18.6 Å². The number of amides is 1. The van der Waals surface area contributed by atoms with Gasteiger partial charge in [0.15, 0.2) is 0 Å². The van der Waals surface area contributed by atoms with E-state index in [1.807, 2.05) is 0 Å². The molecule has 92 valence electrons. The summed E-state index contributed by atoms with van der Waals surface area (Å²) >= 11 is 3.20. The largest absolute Gasteiger partial charge is 0.478 e. The zero-order valence-electron chi connectivity index (χ0n) is 8.98. The van der Waals surface area contributed by atoms with Gasteiger partial charge >= 0.3 is 5.97 Å². The van der Waals surface area contributed by atoms with Crippen molar-refractivity contribution >= 4 is 33.5 Å². The lowest BCUT2D eigenvalue weighted by Crippen LogP contribution is -2.15. The molecular weight excluding hydrogens is 302 g/mol. The van der Waals surface area contributed by atoms with Crippen LogP contribution in [0.4, 0.5) is 5.69 Å². The number of carboxylic acids is 1. The Morgan fingerprint density at radius 2 is 2.17 bits per heavy atom. The summed E-state index contributed by atoms with van der Waals surface area (Å²) in [5.41, 5.74) is 0.476. The van der Waals surface area contributed by atoms with Gasteiger partial charge in [-0.05, 0) is 28.1 Å². The van der Waals surface area contributed by atoms with E-state index < -0.39 is 11.9 Å². The summed E-state index contributed by atoms with van der Waals surface area (Å²) in [6.45, 7) is 0. The van der Waals surface area contributed by atoms with Gasteiger partial charge in [0, 0.05) is 4.47 Å². The van der Waals surface area contributed by atoms with Gasteiger partial charge in [-0.25, -0.2) is 9.78 Å². The summed E-state index contributed by atoms with van der Waals surface area (Å²) in [5.74, 6) is -1.57. The predicted molar refractivity (Wildman–Crippen MR) is 67.6 cm³/mol. The Bertz CT molecular complexity index is 596. The molecule has 0 saturated heterocycles. The highest BCUT2D eigenvalue weighted by Crippen LogP contribution is 2.26. The first-order valence-electron chi connectivity index (χ1n) is 4.91. The first-order chi connectivity index (χ1) is 8.59. The minimum absolute atomic E-state index is 0.0113. The second-order valence-electron chi connectivity index (χ2n) is 3.39. The number of hydrogen-bond donors (Lipinski definition) is 3. The SMILES string of the molecule is O=C(Nc1c(Br)cccc1C(=O)O)c1cnc[nH]1. The molecule has 2 rings (SSSR count). The number of carbonyl (C=O) groups is 2. The van der Waals surface area contributed by atoms with Crippen LogP contribution in [0.3, 0.4) is 0 Å². The summed E-state index contributed by atoms with van der Waals surface area (Å²) in [5, 5.41) is 11.6. The minimum Gasteiger partial charge on any atom is -0.478 e. The standard InChI is InChI=1S/C11H8BrN3O3/c12-7-3-1-2-6(11(17)18)9(7)15-10(16)8-4-13-5-14-8/h1-5H,(H,13,14)(H,15,16)(H,17,18). The Balaban J connectivity index is 2.34. The van der Waals surface area contributed by atoms with Crippen LogP contribution in [0.2, 0.25) is 0 Å². The highest BCUT2D eigenvalue weighted by molar-refractivity contribution is 9.10. The smallest absolute Gasteiger partial charge is 0.337 e. The number of nitrogens with zero attached hydrogens (tertiary/aromatic N) is 1. The molecule has 18 heavy (non-hydrogen) atoms. The number of imidazole rings is 1. The van der Waals surface area contributed by atoms with Gasteiger partial charge in [0.25, 0.3) is 5.91 Å². The van der Waals surface area contributed by atoms with E-state index in [4.69, 9.17) is 5.11 Å². The lowest BCUT2D eigenvalue weighted by Gasteiger charge is -2.09. The van der Waals surface area contributed by atoms with Gasteiger partial charge in [-0.1, -0.05) is 6.07 Å². The number of anilines is 1. The van der Waals surface area contributed by atoms with Crippen LogP contribution in [0.5, 0.6) is 0 Å². The van der Waals surface area contributed by atoms with Gasteiger partial charge in [-0.15, -0.1) is 0 Å². The number of rotatable bonds is 3. The van der Waals surface area contributed by atoms with Gasteiger partial charge in [0.05, 0.1) is 23.8 Å². The van der Waals surface area contributed by atoms with E-state index in [2.05, 4.69) is 31.2 Å². The van der Waals surface area contributed by atoms with Gasteiger partial charge in [-0.3, -0.25) is 4.79 Å². The molecule has 0 saturated carbocycles. The molecule has 0 unspecified atom stereocenters. The van der Waals surface area contributed by atoms with Crippen LogP contribution in [-0.4, -0.2) is 27.0 Å². The van der Waals surface area contributed by atoms with E-state index in [9.17, 15) is 9.59 Å². The van der Waals surface area contributed by atoms with Crippen molar-refractivity contribution in [2.24, 2.45) is 0 Å². The monoisotopic (exact) mass is 309 g/mol. The topological polar surface area (TPSA) is 95.1 Å². The number of para-hydroxylation sites is 1. The number of aromatic carboxylic acids is 1. The number of aromatic amines is 1. The van der Waals surface area contributed by atoms with Crippen LogP contribution in [0, 0.1) is 0 Å². The zero-order valence-corrected chi connectivity index (χ0v) is 10.6. The maximum Gasteiger partial charge on any atom is 0.337 e. The summed E-state index contributed by atoms with van der Waals surface area (Å²) in [6.07, 6.45) is 2.72. The summed E-state index contributed by atoms with van der Waals surface area (Å²) in [6, 6.07) is 4.64. The normalized spacial score (nSPS) is 10.1. The average molecular weight is 310 g/mol. The van der Waals surface area contributed by atoms with Crippen molar-refractivity contribution in [1.82, 2.24) is 9.97 Å². The highest BCUT2D eigenvalue weighted by atomic mass is 79.9. The predicted octanol–water partition coefficient (Wildman–Crippen LogP) is 2.12. The Morgan fingerprint density at radius 3 is 2.78 bits per heavy atom. The molecule has 0 fully saturated rings. The molecule has 0 aliphatic carbocycles. The number of carbonyl (C=O) groups excluding carboxylic acids is 1. The summed E-state index contributed by atoms with van der Waals surface area (Å²) in [7, 11) is 0. The van der Waals surface area contributed by atoms with Crippen molar-refractivity contribution < 1.29 is 14.7 Å². The Hall–Kier alpha value is -2.15. The van der Waals surface area contributed by atoms with Crippen LogP contribution < -0.4 is 5.32 Å². The molecule has 0 bridgehead atoms. The van der Waals surface area contributed by atoms with Crippen molar-refractivity contribution in [1.29, 1.82) is 0 Å². The molecule has 2 aromatic rings. The quantitative estimate of drug-likeness (QED) is 0.809. The molecule has 1 aromatic heterocycles. The number of nitrogens with one attached hydrogen (secondary N) is 2. The molecule has 1 heterocycles. The summed E-state index contributed by atoms with van der Waals surface area (Å²) in [4.78, 5) is 29.2. The van der Waals surface area contributed by atoms with Crippen molar-refractivity contribution in [3.05, 3.63) is 46.5 Å². The van der Waals surface area contributed by atoms with E-state index >= 15 is 0 Å². The Kier molecular flexibility index (Phi) is 3.42. The lowest BCUT2D eigenvalue weighted by atomic mass is 10.2. The van der Waals surface area contributed by atoms with Gasteiger partial charge < -0.3 is 15.4 Å². The first kappa shape index (κ1) is 12.3. The van der Waals surface area contributed by atoms with E-state index in [1.54, 1.807) is 12.1 Å². The van der Waals surface area contributed by atoms with E-state index in [0.29, 0.717) is 4.47 Å². The van der Waals surface area contributed by atoms with Crippen LogP contribution in [0.15, 0.2) is 35.2 Å². The average Bonchev–Trinajstić information content (AvgIpc) is 2.85. The molecular formula is C11H8BrN3O3. The molecule has 6 nitrogen and oxygen atoms in total. The fourth-order valence-corrected chi connectivity index (χ4v) is 1.86. The maximum absolute atomic E-state index is 11.8. The van der Waals surface area contributed by atoms with E-state index in [-0.39, 0.29) is 16.9 Å². The second kappa shape index (κ2) is 5.01. The third-order valence-corrected chi connectivity index (χ3v) is 2.89. The van der Waals surface area contributed by atoms with Crippen LogP contribution in [0.1, 0.15) is 20.8 Å². The number of H-pyrrole nitrogens is 1.